The van der Waals surface area contributed by atoms with Crippen LogP contribution in [-0.4, -0.2) is 182 Å². The largest absolute Gasteiger partial charge is 0.396 e. The minimum Gasteiger partial charge on any atom is -0.396 e. The number of aliphatic hydroxyl groups excluding tert-OH is 8. The van der Waals surface area contributed by atoms with Gasteiger partial charge in [0.2, 0.25) is 0 Å². The number of rotatable bonds is 12. The van der Waals surface area contributed by atoms with E-state index in [1.54, 1.807) is 0 Å². The van der Waals surface area contributed by atoms with Crippen molar-refractivity contribution in [2.75, 3.05) is 26.3 Å². The summed E-state index contributed by atoms with van der Waals surface area (Å²) in [5.74, 6) is -0.799. The van der Waals surface area contributed by atoms with E-state index in [9.17, 15) is 45.6 Å². The van der Waals surface area contributed by atoms with Crippen molar-refractivity contribution in [2.45, 2.75) is 129 Å². The van der Waals surface area contributed by atoms with E-state index < -0.39 is 110 Å². The maximum Gasteiger partial charge on any atom is 0.252 e. The standard InChI is InChI=1S/C26H49N5O14/c27-9-5-26(41,6-9)25(40)31-11-4-10(28)21(20(39)22(11)45-23-17(36)14(29)15(34)13(8-33)43-23)44-24-19(38)18(37)16(35)12(42-24)7-30-2-1-3-32/h9-24,30,32-39,41H,1-8,27-29H2,(H,31,40). The van der Waals surface area contributed by atoms with Crippen molar-refractivity contribution in [3.8, 4) is 0 Å². The molecule has 4 rings (SSSR count). The highest BCUT2D eigenvalue weighted by atomic mass is 16.7. The fourth-order valence-corrected chi connectivity index (χ4v) is 6.22. The highest BCUT2D eigenvalue weighted by Gasteiger charge is 2.54. The van der Waals surface area contributed by atoms with Gasteiger partial charge in [0.1, 0.15) is 66.6 Å². The lowest BCUT2D eigenvalue weighted by Crippen LogP contribution is -2.71. The van der Waals surface area contributed by atoms with Crippen LogP contribution < -0.4 is 27.8 Å². The van der Waals surface area contributed by atoms with Gasteiger partial charge >= 0.3 is 0 Å². The third-order valence-corrected chi connectivity index (χ3v) is 9.00. The Bertz CT molecular complexity index is 965. The number of hydrogen-bond acceptors (Lipinski definition) is 18. The predicted octanol–water partition coefficient (Wildman–Crippen LogP) is -8.27. The molecular weight excluding hydrogens is 606 g/mol. The Kier molecular flexibility index (Phi) is 12.5. The van der Waals surface area contributed by atoms with Gasteiger partial charge in [-0.2, -0.15) is 0 Å². The van der Waals surface area contributed by atoms with Crippen molar-refractivity contribution in [2.24, 2.45) is 17.2 Å². The van der Waals surface area contributed by atoms with E-state index in [2.05, 4.69) is 10.6 Å². The van der Waals surface area contributed by atoms with Gasteiger partial charge in [-0.3, -0.25) is 4.79 Å². The molecule has 0 spiro atoms. The second kappa shape index (κ2) is 15.3. The lowest BCUT2D eigenvalue weighted by atomic mass is 9.75. The van der Waals surface area contributed by atoms with E-state index in [-0.39, 0.29) is 38.5 Å². The van der Waals surface area contributed by atoms with Gasteiger partial charge in [0.05, 0.1) is 18.7 Å². The van der Waals surface area contributed by atoms with Gasteiger partial charge in [-0.15, -0.1) is 0 Å². The van der Waals surface area contributed by atoms with Crippen LogP contribution in [0.15, 0.2) is 0 Å². The van der Waals surface area contributed by atoms with Crippen molar-refractivity contribution in [1.82, 2.24) is 10.6 Å². The van der Waals surface area contributed by atoms with Crippen LogP contribution in [0.3, 0.4) is 0 Å². The minimum absolute atomic E-state index is 0.00605. The van der Waals surface area contributed by atoms with Crippen LogP contribution in [0, 0.1) is 0 Å². The first kappa shape index (κ1) is 36.6. The fourth-order valence-electron chi connectivity index (χ4n) is 6.22. The molecule has 2 heterocycles. The molecule has 2 saturated carbocycles. The maximum atomic E-state index is 13.0. The fraction of sp³-hybridized carbons (Fsp3) is 0.962. The molecule has 0 aromatic rings. The number of aliphatic hydroxyl groups is 9. The monoisotopic (exact) mass is 655 g/mol. The smallest absolute Gasteiger partial charge is 0.252 e. The molecule has 1 amide bonds. The van der Waals surface area contributed by atoms with Crippen molar-refractivity contribution in [3.05, 3.63) is 0 Å². The molecule has 19 nitrogen and oxygen atoms in total. The van der Waals surface area contributed by atoms with Crippen molar-refractivity contribution >= 4 is 5.91 Å². The molecular formula is C26H49N5O14. The Hall–Kier alpha value is -1.21. The first-order chi connectivity index (χ1) is 21.2. The number of amides is 1. The molecule has 0 bridgehead atoms. The van der Waals surface area contributed by atoms with Gasteiger partial charge in [-0.05, 0) is 19.4 Å². The van der Waals surface area contributed by atoms with E-state index in [1.165, 1.54) is 0 Å². The normalized spacial score (nSPS) is 48.9. The van der Waals surface area contributed by atoms with Crippen LogP contribution in [0.5, 0.6) is 0 Å². The van der Waals surface area contributed by atoms with E-state index >= 15 is 0 Å². The zero-order chi connectivity index (χ0) is 33.2. The van der Waals surface area contributed by atoms with Crippen molar-refractivity contribution < 1.29 is 69.7 Å². The van der Waals surface area contributed by atoms with E-state index in [1.807, 2.05) is 0 Å². The number of carbonyl (C=O) groups is 1. The second-order valence-corrected chi connectivity index (χ2v) is 12.5. The third-order valence-electron chi connectivity index (χ3n) is 9.00. The molecule has 262 valence electrons. The number of nitrogens with two attached hydrogens (primary N) is 3. The van der Waals surface area contributed by atoms with Crippen LogP contribution in [0.4, 0.5) is 0 Å². The Morgan fingerprint density at radius 3 is 2.07 bits per heavy atom. The van der Waals surface area contributed by atoms with Crippen LogP contribution >= 0.6 is 0 Å². The van der Waals surface area contributed by atoms with Crippen LogP contribution in [0.1, 0.15) is 25.7 Å². The molecule has 2 aliphatic heterocycles. The summed E-state index contributed by atoms with van der Waals surface area (Å²) in [5.41, 5.74) is 16.3. The molecule has 4 aliphatic rings. The van der Waals surface area contributed by atoms with Crippen LogP contribution in [0.25, 0.3) is 0 Å². The number of nitrogens with one attached hydrogen (secondary N) is 2. The summed E-state index contributed by atoms with van der Waals surface area (Å²) in [6.07, 6.45) is -17.9. The number of ether oxygens (including phenoxy) is 4. The van der Waals surface area contributed by atoms with Gasteiger partial charge in [0.25, 0.3) is 5.91 Å². The molecule has 0 radical (unpaired) electrons. The van der Waals surface area contributed by atoms with Gasteiger partial charge in [-0.1, -0.05) is 0 Å². The Labute approximate surface area is 259 Å². The zero-order valence-electron chi connectivity index (χ0n) is 24.7. The highest BCUT2D eigenvalue weighted by Crippen LogP contribution is 2.34. The molecule has 17 N–H and O–H groups in total. The molecule has 0 aromatic carbocycles. The molecule has 2 aliphatic carbocycles. The summed E-state index contributed by atoms with van der Waals surface area (Å²) < 4.78 is 23.0. The van der Waals surface area contributed by atoms with Gasteiger partial charge < -0.3 is 92.7 Å². The van der Waals surface area contributed by atoms with E-state index in [0.717, 1.165) is 0 Å². The van der Waals surface area contributed by atoms with Crippen LogP contribution in [-0.2, 0) is 23.7 Å². The lowest BCUT2D eigenvalue weighted by Gasteiger charge is -2.49. The average Bonchev–Trinajstić information content (AvgIpc) is 2.99. The topological polar surface area (TPSA) is 338 Å². The SMILES string of the molecule is NC1CC(O)(C(=O)NC2CC(N)C(OC3OC(CNCCCO)C(O)C(O)C3O)C(O)C2OC2OC(CO)C(O)C(N)C2O)C1. The summed E-state index contributed by atoms with van der Waals surface area (Å²) in [4.78, 5) is 13.0. The summed E-state index contributed by atoms with van der Waals surface area (Å²) >= 11 is 0. The van der Waals surface area contributed by atoms with Gasteiger partial charge in [0, 0.05) is 38.1 Å². The Morgan fingerprint density at radius 2 is 1.44 bits per heavy atom. The molecule has 2 saturated heterocycles. The minimum atomic E-state index is -1.77. The third kappa shape index (κ3) is 7.92. The zero-order valence-corrected chi connectivity index (χ0v) is 24.7. The Balaban J connectivity index is 1.53. The molecule has 4 fully saturated rings. The molecule has 0 aromatic heterocycles. The first-order valence-electron chi connectivity index (χ1n) is 15.1. The summed E-state index contributed by atoms with van der Waals surface area (Å²) in [5, 5.41) is 98.8. The van der Waals surface area contributed by atoms with Gasteiger partial charge in [0.15, 0.2) is 12.6 Å². The maximum absolute atomic E-state index is 13.0. The molecule has 15 atom stereocenters. The molecule has 19 heteroatoms. The van der Waals surface area contributed by atoms with Crippen molar-refractivity contribution in [3.63, 3.8) is 0 Å². The number of hydrogen-bond donors (Lipinski definition) is 14. The second-order valence-electron chi connectivity index (χ2n) is 12.5. The summed E-state index contributed by atoms with van der Waals surface area (Å²) in [6, 6.07) is -3.87. The molecule has 45 heavy (non-hydrogen) atoms. The summed E-state index contributed by atoms with van der Waals surface area (Å²) in [6.45, 7) is -0.357. The number of carbonyl (C=O) groups excluding carboxylic acids is 1. The first-order valence-corrected chi connectivity index (χ1v) is 15.1. The molecule has 15 unspecified atom stereocenters. The average molecular weight is 656 g/mol. The Morgan fingerprint density at radius 1 is 0.822 bits per heavy atom. The quantitative estimate of drug-likeness (QED) is 0.0868. The lowest BCUT2D eigenvalue weighted by molar-refractivity contribution is -0.333. The van der Waals surface area contributed by atoms with E-state index in [4.69, 9.17) is 41.3 Å². The predicted molar refractivity (Wildman–Crippen MR) is 149 cm³/mol. The van der Waals surface area contributed by atoms with Crippen LogP contribution in [0.2, 0.25) is 0 Å². The van der Waals surface area contributed by atoms with E-state index in [0.29, 0.717) is 13.0 Å². The van der Waals surface area contributed by atoms with Gasteiger partial charge in [-0.25, -0.2) is 0 Å². The van der Waals surface area contributed by atoms with Crippen molar-refractivity contribution in [1.29, 1.82) is 0 Å². The highest BCUT2D eigenvalue weighted by molar-refractivity contribution is 5.86. The summed E-state index contributed by atoms with van der Waals surface area (Å²) in [7, 11) is 0.